The van der Waals surface area contributed by atoms with E-state index < -0.39 is 10.0 Å². The van der Waals surface area contributed by atoms with Crippen molar-refractivity contribution in [3.8, 4) is 0 Å². The topological polar surface area (TPSA) is 66.5 Å². The van der Waals surface area contributed by atoms with E-state index in [9.17, 15) is 13.2 Å². The third-order valence-corrected chi connectivity index (χ3v) is 7.80. The molecule has 1 unspecified atom stereocenters. The van der Waals surface area contributed by atoms with Crippen molar-refractivity contribution < 1.29 is 13.2 Å². The first-order valence-electron chi connectivity index (χ1n) is 10.5. The van der Waals surface area contributed by atoms with Gasteiger partial charge >= 0.3 is 0 Å². The highest BCUT2D eigenvalue weighted by molar-refractivity contribution is 7.89. The van der Waals surface area contributed by atoms with E-state index in [1.165, 1.54) is 22.5 Å². The van der Waals surface area contributed by atoms with Crippen molar-refractivity contribution in [1.29, 1.82) is 0 Å². The second-order valence-electron chi connectivity index (χ2n) is 7.80. The van der Waals surface area contributed by atoms with Crippen molar-refractivity contribution in [3.05, 3.63) is 64.2 Å². The smallest absolute Gasteiger partial charge is 0.253 e. The third kappa shape index (κ3) is 5.23. The predicted molar refractivity (Wildman–Crippen MR) is 120 cm³/mol. The van der Waals surface area contributed by atoms with Gasteiger partial charge in [-0.05, 0) is 49.9 Å². The first kappa shape index (κ1) is 22.8. The molecule has 30 heavy (non-hydrogen) atoms. The van der Waals surface area contributed by atoms with Crippen LogP contribution in [0, 0.1) is 6.92 Å². The fraction of sp³-hybridized carbons (Fsp3) is 0.435. The SMILES string of the molecule is CCC(NC(=O)c1cc(S(=O)(=O)N2CCCCCC2)ccc1Cl)c1ccc(C)cc1. The van der Waals surface area contributed by atoms with Gasteiger partial charge in [0.05, 0.1) is 21.5 Å². The molecule has 1 atom stereocenters. The maximum absolute atomic E-state index is 13.1. The van der Waals surface area contributed by atoms with Crippen molar-refractivity contribution >= 4 is 27.5 Å². The first-order valence-corrected chi connectivity index (χ1v) is 12.3. The second kappa shape index (κ2) is 9.94. The molecule has 3 rings (SSSR count). The molecule has 0 saturated carbocycles. The van der Waals surface area contributed by atoms with Crippen LogP contribution < -0.4 is 5.32 Å². The summed E-state index contributed by atoms with van der Waals surface area (Å²) in [5, 5.41) is 3.23. The molecular weight excluding hydrogens is 420 g/mol. The summed E-state index contributed by atoms with van der Waals surface area (Å²) in [5.41, 5.74) is 2.33. The van der Waals surface area contributed by atoms with E-state index in [2.05, 4.69) is 5.32 Å². The molecule has 2 aromatic carbocycles. The van der Waals surface area contributed by atoms with E-state index in [-0.39, 0.29) is 27.4 Å². The Morgan fingerprint density at radius 1 is 1.07 bits per heavy atom. The highest BCUT2D eigenvalue weighted by atomic mass is 35.5. The molecule has 0 aliphatic carbocycles. The maximum Gasteiger partial charge on any atom is 0.253 e. The first-order chi connectivity index (χ1) is 14.3. The Morgan fingerprint density at radius 3 is 2.30 bits per heavy atom. The van der Waals surface area contributed by atoms with Crippen LogP contribution in [0.4, 0.5) is 0 Å². The highest BCUT2D eigenvalue weighted by Gasteiger charge is 2.27. The number of nitrogens with zero attached hydrogens (tertiary/aromatic N) is 1. The Kier molecular flexibility index (Phi) is 7.55. The van der Waals surface area contributed by atoms with Crippen molar-refractivity contribution in [1.82, 2.24) is 9.62 Å². The highest BCUT2D eigenvalue weighted by Crippen LogP contribution is 2.26. The van der Waals surface area contributed by atoms with Crippen LogP contribution >= 0.6 is 11.6 Å². The molecule has 1 fully saturated rings. The number of carbonyl (C=O) groups excluding carboxylic acids is 1. The molecule has 0 aromatic heterocycles. The normalized spacial score (nSPS) is 16.6. The summed E-state index contributed by atoms with van der Waals surface area (Å²) >= 11 is 6.28. The molecule has 5 nitrogen and oxygen atoms in total. The molecule has 1 saturated heterocycles. The lowest BCUT2D eigenvalue weighted by Crippen LogP contribution is -2.32. The summed E-state index contributed by atoms with van der Waals surface area (Å²) in [6.45, 7) is 5.03. The largest absolute Gasteiger partial charge is 0.345 e. The lowest BCUT2D eigenvalue weighted by molar-refractivity contribution is 0.0935. The molecule has 1 aliphatic rings. The summed E-state index contributed by atoms with van der Waals surface area (Å²) in [4.78, 5) is 13.1. The fourth-order valence-corrected chi connectivity index (χ4v) is 5.47. The maximum atomic E-state index is 13.1. The van der Waals surface area contributed by atoms with Gasteiger partial charge in [-0.2, -0.15) is 4.31 Å². The van der Waals surface area contributed by atoms with E-state index in [4.69, 9.17) is 11.6 Å². The Balaban J connectivity index is 1.85. The van der Waals surface area contributed by atoms with Crippen molar-refractivity contribution in [2.75, 3.05) is 13.1 Å². The molecule has 7 heteroatoms. The van der Waals surface area contributed by atoms with Gasteiger partial charge in [0.25, 0.3) is 5.91 Å². The van der Waals surface area contributed by atoms with E-state index in [0.29, 0.717) is 19.5 Å². The van der Waals surface area contributed by atoms with Gasteiger partial charge in [0.2, 0.25) is 10.0 Å². The molecule has 2 aromatic rings. The third-order valence-electron chi connectivity index (χ3n) is 5.58. The standard InChI is InChI=1S/C23H29ClN2O3S/c1-3-22(18-10-8-17(2)9-11-18)25-23(27)20-16-19(12-13-21(20)24)30(28,29)26-14-6-4-5-7-15-26/h8-13,16,22H,3-7,14-15H2,1-2H3,(H,25,27). The Hall–Kier alpha value is -1.89. The van der Waals surface area contributed by atoms with Crippen LogP contribution in [0.5, 0.6) is 0 Å². The van der Waals surface area contributed by atoms with Crippen LogP contribution in [-0.4, -0.2) is 31.7 Å². The zero-order valence-electron chi connectivity index (χ0n) is 17.5. The van der Waals surface area contributed by atoms with E-state index in [1.807, 2.05) is 38.1 Å². The lowest BCUT2D eigenvalue weighted by atomic mass is 10.0. The molecule has 162 valence electrons. The summed E-state index contributed by atoms with van der Waals surface area (Å²) in [7, 11) is -3.65. The molecular formula is C23H29ClN2O3S. The van der Waals surface area contributed by atoms with Gasteiger partial charge < -0.3 is 5.32 Å². The van der Waals surface area contributed by atoms with Gasteiger partial charge in [0.15, 0.2) is 0 Å². The number of hydrogen-bond donors (Lipinski definition) is 1. The number of amides is 1. The van der Waals surface area contributed by atoms with E-state index in [0.717, 1.165) is 36.8 Å². The number of aryl methyl sites for hydroxylation is 1. The zero-order chi connectivity index (χ0) is 21.7. The van der Waals surface area contributed by atoms with Crippen molar-refractivity contribution in [2.45, 2.75) is 56.9 Å². The minimum Gasteiger partial charge on any atom is -0.345 e. The molecule has 0 spiro atoms. The fourth-order valence-electron chi connectivity index (χ4n) is 3.73. The number of hydrogen-bond acceptors (Lipinski definition) is 3. The van der Waals surface area contributed by atoms with E-state index in [1.54, 1.807) is 0 Å². The van der Waals surface area contributed by atoms with Gasteiger partial charge in [-0.3, -0.25) is 4.79 Å². The van der Waals surface area contributed by atoms with Crippen LogP contribution in [0.25, 0.3) is 0 Å². The molecule has 1 amide bonds. The number of carbonyl (C=O) groups is 1. The summed E-state index contributed by atoms with van der Waals surface area (Å²) < 4.78 is 27.7. The lowest BCUT2D eigenvalue weighted by Gasteiger charge is -2.21. The van der Waals surface area contributed by atoms with Gasteiger partial charge in [0.1, 0.15) is 0 Å². The average Bonchev–Trinajstić information content (AvgIpc) is 3.03. The van der Waals surface area contributed by atoms with Gasteiger partial charge in [-0.1, -0.05) is 61.2 Å². The summed E-state index contributed by atoms with van der Waals surface area (Å²) in [6.07, 6.45) is 4.50. The quantitative estimate of drug-likeness (QED) is 0.668. The Morgan fingerprint density at radius 2 is 1.70 bits per heavy atom. The molecule has 1 heterocycles. The summed E-state index contributed by atoms with van der Waals surface area (Å²) in [6, 6.07) is 12.2. The number of rotatable bonds is 6. The van der Waals surface area contributed by atoms with Crippen LogP contribution in [0.1, 0.15) is 66.6 Å². The van der Waals surface area contributed by atoms with Gasteiger partial charge in [-0.15, -0.1) is 0 Å². The van der Waals surface area contributed by atoms with Crippen molar-refractivity contribution in [3.63, 3.8) is 0 Å². The van der Waals surface area contributed by atoms with Gasteiger partial charge in [-0.25, -0.2) is 8.42 Å². The molecule has 1 N–H and O–H groups in total. The number of benzene rings is 2. The minimum atomic E-state index is -3.65. The predicted octanol–water partition coefficient (Wildman–Crippen LogP) is 5.09. The summed E-state index contributed by atoms with van der Waals surface area (Å²) in [5.74, 6) is -0.375. The molecule has 0 bridgehead atoms. The molecule has 1 aliphatic heterocycles. The zero-order valence-corrected chi connectivity index (χ0v) is 19.1. The van der Waals surface area contributed by atoms with Crippen LogP contribution in [0.2, 0.25) is 5.02 Å². The van der Waals surface area contributed by atoms with Crippen LogP contribution in [0.3, 0.4) is 0 Å². The number of sulfonamides is 1. The van der Waals surface area contributed by atoms with Gasteiger partial charge in [0, 0.05) is 13.1 Å². The minimum absolute atomic E-state index is 0.113. The van der Waals surface area contributed by atoms with Crippen LogP contribution in [-0.2, 0) is 10.0 Å². The Bertz CT molecular complexity index is 982. The monoisotopic (exact) mass is 448 g/mol. The Labute approximate surface area is 184 Å². The number of nitrogens with one attached hydrogen (secondary N) is 1. The van der Waals surface area contributed by atoms with Crippen molar-refractivity contribution in [2.24, 2.45) is 0 Å². The number of halogens is 1. The average molecular weight is 449 g/mol. The molecule has 0 radical (unpaired) electrons. The van der Waals surface area contributed by atoms with Crippen LogP contribution in [0.15, 0.2) is 47.4 Å². The van der Waals surface area contributed by atoms with E-state index >= 15 is 0 Å². The second-order valence-corrected chi connectivity index (χ2v) is 10.2.